The van der Waals surface area contributed by atoms with Gasteiger partial charge in [-0.2, -0.15) is 0 Å². The number of halogens is 1. The van der Waals surface area contributed by atoms with E-state index in [2.05, 4.69) is 4.98 Å². The lowest BCUT2D eigenvalue weighted by molar-refractivity contribution is 0.133. The van der Waals surface area contributed by atoms with Gasteiger partial charge in [-0.1, -0.05) is 18.0 Å². The van der Waals surface area contributed by atoms with E-state index in [1.807, 2.05) is 24.4 Å². The Morgan fingerprint density at radius 2 is 2.24 bits per heavy atom. The molecule has 0 amide bonds. The van der Waals surface area contributed by atoms with Crippen LogP contribution in [-0.4, -0.2) is 16.2 Å². The van der Waals surface area contributed by atoms with Gasteiger partial charge in [0.1, 0.15) is 0 Å². The van der Waals surface area contributed by atoms with Crippen molar-refractivity contribution >= 4 is 22.5 Å². The number of fused-ring (bicyclic) bond motifs is 1. The standard InChI is InChI=1S/C14H16ClNO/c15-11-4-5-13-12(7-11)10(8-16-13)6-9-2-1-3-14(9)17/h4-5,7-9,14,16-17H,1-3,6H2. The molecule has 90 valence electrons. The minimum atomic E-state index is -0.126. The van der Waals surface area contributed by atoms with Crippen LogP contribution in [0, 0.1) is 5.92 Å². The first-order valence-corrected chi connectivity index (χ1v) is 6.55. The van der Waals surface area contributed by atoms with Gasteiger partial charge in [0.15, 0.2) is 0 Å². The summed E-state index contributed by atoms with van der Waals surface area (Å²) in [4.78, 5) is 3.26. The molecule has 1 aromatic heterocycles. The third-order valence-electron chi connectivity index (χ3n) is 3.83. The van der Waals surface area contributed by atoms with Crippen molar-refractivity contribution in [2.24, 2.45) is 5.92 Å². The van der Waals surface area contributed by atoms with Crippen LogP contribution in [0.5, 0.6) is 0 Å². The van der Waals surface area contributed by atoms with E-state index in [4.69, 9.17) is 11.6 Å². The molecule has 1 heterocycles. The maximum atomic E-state index is 9.88. The molecule has 2 aromatic rings. The predicted molar refractivity (Wildman–Crippen MR) is 70.4 cm³/mol. The molecular weight excluding hydrogens is 234 g/mol. The van der Waals surface area contributed by atoms with Crippen molar-refractivity contribution in [3.8, 4) is 0 Å². The van der Waals surface area contributed by atoms with Crippen LogP contribution in [-0.2, 0) is 6.42 Å². The number of aliphatic hydroxyl groups is 1. The summed E-state index contributed by atoms with van der Waals surface area (Å²) in [5.74, 6) is 0.410. The first kappa shape index (κ1) is 11.1. The smallest absolute Gasteiger partial charge is 0.0571 e. The first-order chi connectivity index (χ1) is 8.24. The first-order valence-electron chi connectivity index (χ1n) is 6.17. The van der Waals surface area contributed by atoms with Gasteiger partial charge in [-0.3, -0.25) is 0 Å². The molecule has 2 N–H and O–H groups in total. The number of H-pyrrole nitrogens is 1. The molecule has 1 aliphatic rings. The Labute approximate surface area is 106 Å². The summed E-state index contributed by atoms with van der Waals surface area (Å²) in [7, 11) is 0. The summed E-state index contributed by atoms with van der Waals surface area (Å²) in [5.41, 5.74) is 2.39. The molecule has 2 atom stereocenters. The summed E-state index contributed by atoms with van der Waals surface area (Å²) in [6, 6.07) is 5.91. The lowest BCUT2D eigenvalue weighted by Crippen LogP contribution is -2.15. The molecule has 0 spiro atoms. The van der Waals surface area contributed by atoms with E-state index in [1.165, 1.54) is 10.9 Å². The van der Waals surface area contributed by atoms with E-state index in [9.17, 15) is 5.11 Å². The third kappa shape index (κ3) is 2.07. The van der Waals surface area contributed by atoms with Crippen molar-refractivity contribution in [1.82, 2.24) is 4.98 Å². The fraction of sp³-hybridized carbons (Fsp3) is 0.429. The van der Waals surface area contributed by atoms with Crippen molar-refractivity contribution in [3.63, 3.8) is 0 Å². The predicted octanol–water partition coefficient (Wildman–Crippen LogP) is 3.52. The number of benzene rings is 1. The van der Waals surface area contributed by atoms with Crippen molar-refractivity contribution < 1.29 is 5.11 Å². The van der Waals surface area contributed by atoms with Crippen molar-refractivity contribution in [1.29, 1.82) is 0 Å². The molecule has 0 aliphatic heterocycles. The maximum Gasteiger partial charge on any atom is 0.0571 e. The summed E-state index contributed by atoms with van der Waals surface area (Å²) >= 11 is 6.03. The molecule has 0 radical (unpaired) electrons. The van der Waals surface area contributed by atoms with Gasteiger partial charge in [0, 0.05) is 22.1 Å². The van der Waals surface area contributed by atoms with Crippen LogP contribution in [0.3, 0.4) is 0 Å². The van der Waals surface area contributed by atoms with Crippen LogP contribution in [0.15, 0.2) is 24.4 Å². The zero-order valence-electron chi connectivity index (χ0n) is 9.62. The molecule has 3 rings (SSSR count). The Balaban J connectivity index is 1.92. The number of aliphatic hydroxyl groups excluding tert-OH is 1. The lowest BCUT2D eigenvalue weighted by atomic mass is 9.96. The molecule has 0 saturated heterocycles. The van der Waals surface area contributed by atoms with Crippen LogP contribution in [0.4, 0.5) is 0 Å². The van der Waals surface area contributed by atoms with Gasteiger partial charge in [0.05, 0.1) is 6.10 Å². The zero-order chi connectivity index (χ0) is 11.8. The van der Waals surface area contributed by atoms with Crippen molar-refractivity contribution in [2.75, 3.05) is 0 Å². The van der Waals surface area contributed by atoms with Crippen LogP contribution < -0.4 is 0 Å². The monoisotopic (exact) mass is 249 g/mol. The molecule has 3 heteroatoms. The summed E-state index contributed by atoms with van der Waals surface area (Å²) < 4.78 is 0. The van der Waals surface area contributed by atoms with Gasteiger partial charge in [0.25, 0.3) is 0 Å². The second-order valence-electron chi connectivity index (χ2n) is 4.97. The topological polar surface area (TPSA) is 36.0 Å². The minimum absolute atomic E-state index is 0.126. The van der Waals surface area contributed by atoms with E-state index in [0.29, 0.717) is 5.92 Å². The normalized spacial score (nSPS) is 24.6. The molecule has 1 aliphatic carbocycles. The molecule has 2 unspecified atom stereocenters. The van der Waals surface area contributed by atoms with Crippen LogP contribution in [0.1, 0.15) is 24.8 Å². The highest BCUT2D eigenvalue weighted by Gasteiger charge is 2.25. The second-order valence-corrected chi connectivity index (χ2v) is 5.40. The number of aromatic amines is 1. The number of rotatable bonds is 2. The molecule has 1 fully saturated rings. The van der Waals surface area contributed by atoms with Crippen LogP contribution in [0.2, 0.25) is 5.02 Å². The Morgan fingerprint density at radius 1 is 1.35 bits per heavy atom. The largest absolute Gasteiger partial charge is 0.393 e. The van der Waals surface area contributed by atoms with Gasteiger partial charge in [0.2, 0.25) is 0 Å². The second kappa shape index (κ2) is 4.35. The maximum absolute atomic E-state index is 9.88. The molecule has 1 aromatic carbocycles. The van der Waals surface area contributed by atoms with Crippen molar-refractivity contribution in [2.45, 2.75) is 31.8 Å². The van der Waals surface area contributed by atoms with E-state index >= 15 is 0 Å². The van der Waals surface area contributed by atoms with E-state index in [0.717, 1.165) is 36.2 Å². The summed E-state index contributed by atoms with van der Waals surface area (Å²) in [6.07, 6.45) is 6.10. The van der Waals surface area contributed by atoms with Gasteiger partial charge in [-0.15, -0.1) is 0 Å². The summed E-state index contributed by atoms with van der Waals surface area (Å²) in [6.45, 7) is 0. The number of nitrogens with one attached hydrogen (secondary N) is 1. The fourth-order valence-corrected chi connectivity index (χ4v) is 3.03. The number of hydrogen-bond acceptors (Lipinski definition) is 1. The average molecular weight is 250 g/mol. The van der Waals surface area contributed by atoms with Gasteiger partial charge in [-0.05, 0) is 48.9 Å². The highest BCUT2D eigenvalue weighted by Crippen LogP contribution is 2.31. The van der Waals surface area contributed by atoms with E-state index in [-0.39, 0.29) is 6.10 Å². The Hall–Kier alpha value is -0.990. The highest BCUT2D eigenvalue weighted by molar-refractivity contribution is 6.31. The quantitative estimate of drug-likeness (QED) is 0.839. The van der Waals surface area contributed by atoms with E-state index in [1.54, 1.807) is 0 Å². The van der Waals surface area contributed by atoms with Crippen molar-refractivity contribution in [3.05, 3.63) is 35.0 Å². The Bertz CT molecular complexity index is 534. The molecular formula is C14H16ClNO. The van der Waals surface area contributed by atoms with Gasteiger partial charge >= 0.3 is 0 Å². The summed E-state index contributed by atoms with van der Waals surface area (Å²) in [5, 5.41) is 11.8. The fourth-order valence-electron chi connectivity index (χ4n) is 2.86. The lowest BCUT2D eigenvalue weighted by Gasteiger charge is -2.13. The third-order valence-corrected chi connectivity index (χ3v) is 4.07. The zero-order valence-corrected chi connectivity index (χ0v) is 10.4. The minimum Gasteiger partial charge on any atom is -0.393 e. The Morgan fingerprint density at radius 3 is 3.00 bits per heavy atom. The number of aromatic nitrogens is 1. The van der Waals surface area contributed by atoms with Crippen LogP contribution >= 0.6 is 11.6 Å². The van der Waals surface area contributed by atoms with E-state index < -0.39 is 0 Å². The Kier molecular flexibility index (Phi) is 2.85. The average Bonchev–Trinajstić information content (AvgIpc) is 2.88. The SMILES string of the molecule is OC1CCCC1Cc1c[nH]c2ccc(Cl)cc12. The number of hydrogen-bond donors (Lipinski definition) is 2. The molecule has 17 heavy (non-hydrogen) atoms. The van der Waals surface area contributed by atoms with Gasteiger partial charge < -0.3 is 10.1 Å². The highest BCUT2D eigenvalue weighted by atomic mass is 35.5. The van der Waals surface area contributed by atoms with Gasteiger partial charge in [-0.25, -0.2) is 0 Å². The molecule has 2 nitrogen and oxygen atoms in total. The molecule has 0 bridgehead atoms. The van der Waals surface area contributed by atoms with Crippen LogP contribution in [0.25, 0.3) is 10.9 Å². The molecule has 1 saturated carbocycles.